The van der Waals surface area contributed by atoms with Gasteiger partial charge in [-0.3, -0.25) is 4.79 Å². The number of carbonyl (C=O) groups is 2. The van der Waals surface area contributed by atoms with Crippen LogP contribution in [0.25, 0.3) is 10.8 Å². The second-order valence-electron chi connectivity index (χ2n) is 8.17. The summed E-state index contributed by atoms with van der Waals surface area (Å²) in [4.78, 5) is 22.5. The average Bonchev–Trinajstić information content (AvgIpc) is 2.81. The molecule has 0 heterocycles. The molecule has 3 N–H and O–H groups in total. The molecule has 5 nitrogen and oxygen atoms in total. The zero-order valence-corrected chi connectivity index (χ0v) is 19.3. The van der Waals surface area contributed by atoms with Gasteiger partial charge in [-0.25, -0.2) is 4.79 Å². The van der Waals surface area contributed by atoms with Crippen molar-refractivity contribution in [3.05, 3.63) is 83.4 Å². The number of carboxylic acid groups (broad SMARTS) is 2. The maximum Gasteiger partial charge on any atom is 0.334 e. The molecule has 3 aromatic carbocycles. The minimum Gasteiger partial charge on any atom is -0.481 e. The Morgan fingerprint density at radius 3 is 2.24 bits per heavy atom. The van der Waals surface area contributed by atoms with Gasteiger partial charge in [0.2, 0.25) is 0 Å². The summed E-state index contributed by atoms with van der Waals surface area (Å²) in [5, 5.41) is 29.9. The van der Waals surface area contributed by atoms with Crippen molar-refractivity contribution < 1.29 is 24.9 Å². The normalized spacial score (nSPS) is 13.0. The number of hydrogen-bond acceptors (Lipinski definition) is 4. The Bertz CT molecular complexity index is 1070. The third-order valence-corrected chi connectivity index (χ3v) is 7.02. The first-order chi connectivity index (χ1) is 16.0. The summed E-state index contributed by atoms with van der Waals surface area (Å²) in [7, 11) is 0. The first-order valence-electron chi connectivity index (χ1n) is 11.3. The van der Waals surface area contributed by atoms with Gasteiger partial charge in [0.1, 0.15) is 0 Å². The van der Waals surface area contributed by atoms with Crippen LogP contribution in [-0.4, -0.2) is 39.1 Å². The van der Waals surface area contributed by atoms with Gasteiger partial charge in [-0.1, -0.05) is 73.2 Å². The molecule has 0 aliphatic heterocycles. The maximum atomic E-state index is 11.5. The number of aliphatic hydroxyl groups excluding tert-OH is 1. The Morgan fingerprint density at radius 2 is 1.55 bits per heavy atom. The van der Waals surface area contributed by atoms with E-state index in [0.29, 0.717) is 0 Å². The van der Waals surface area contributed by atoms with Crippen LogP contribution in [0.3, 0.4) is 0 Å². The third-order valence-electron chi connectivity index (χ3n) is 5.71. The third kappa shape index (κ3) is 7.34. The first-order valence-corrected chi connectivity index (χ1v) is 12.3. The summed E-state index contributed by atoms with van der Waals surface area (Å²) >= 11 is 1.17. The predicted molar refractivity (Wildman–Crippen MR) is 133 cm³/mol. The molecule has 0 saturated heterocycles. The fraction of sp³-hybridized carbons (Fsp3) is 0.333. The number of aliphatic carboxylic acids is 2. The fourth-order valence-electron chi connectivity index (χ4n) is 3.98. The molecule has 0 saturated carbocycles. The fourth-order valence-corrected chi connectivity index (χ4v) is 5.21. The highest BCUT2D eigenvalue weighted by molar-refractivity contribution is 7.99. The molecule has 0 aliphatic carbocycles. The average molecular weight is 467 g/mol. The molecule has 0 radical (unpaired) electrons. The van der Waals surface area contributed by atoms with Crippen LogP contribution in [0.2, 0.25) is 0 Å². The highest BCUT2D eigenvalue weighted by Gasteiger charge is 2.29. The summed E-state index contributed by atoms with van der Waals surface area (Å²) in [6, 6.07) is 22.3. The topological polar surface area (TPSA) is 94.8 Å². The molecule has 174 valence electrons. The quantitative estimate of drug-likeness (QED) is 0.288. The first kappa shape index (κ1) is 24.8. The van der Waals surface area contributed by atoms with Crippen LogP contribution in [0.4, 0.5) is 0 Å². The van der Waals surface area contributed by atoms with Crippen molar-refractivity contribution in [3.63, 3.8) is 0 Å². The van der Waals surface area contributed by atoms with Crippen LogP contribution in [0.1, 0.15) is 47.6 Å². The summed E-state index contributed by atoms with van der Waals surface area (Å²) in [5.41, 5.74) is 3.26. The van der Waals surface area contributed by atoms with Gasteiger partial charge < -0.3 is 15.3 Å². The molecule has 33 heavy (non-hydrogen) atoms. The van der Waals surface area contributed by atoms with E-state index in [-0.39, 0.29) is 12.2 Å². The molecular formula is C27H30O5S. The van der Waals surface area contributed by atoms with Crippen molar-refractivity contribution in [2.75, 3.05) is 5.75 Å². The molecule has 3 aromatic rings. The zero-order valence-electron chi connectivity index (χ0n) is 18.5. The van der Waals surface area contributed by atoms with Crippen LogP contribution in [0.15, 0.2) is 66.7 Å². The van der Waals surface area contributed by atoms with Crippen LogP contribution >= 0.6 is 11.8 Å². The summed E-state index contributed by atoms with van der Waals surface area (Å²) in [6.45, 7) is 0. The Labute approximate surface area is 198 Å². The molecule has 2 atom stereocenters. The van der Waals surface area contributed by atoms with E-state index in [1.54, 1.807) is 0 Å². The van der Waals surface area contributed by atoms with Crippen molar-refractivity contribution in [1.29, 1.82) is 0 Å². The lowest BCUT2D eigenvalue weighted by molar-refractivity contribution is -0.146. The van der Waals surface area contributed by atoms with Crippen LogP contribution in [-0.2, 0) is 22.4 Å². The number of rotatable bonds is 13. The number of benzene rings is 3. The van der Waals surface area contributed by atoms with Gasteiger partial charge >= 0.3 is 11.9 Å². The van der Waals surface area contributed by atoms with E-state index in [1.807, 2.05) is 30.3 Å². The lowest BCUT2D eigenvalue weighted by Gasteiger charge is -2.22. The van der Waals surface area contributed by atoms with Crippen molar-refractivity contribution in [1.82, 2.24) is 0 Å². The molecule has 0 amide bonds. The van der Waals surface area contributed by atoms with Crippen molar-refractivity contribution in [2.45, 2.75) is 49.9 Å². The minimum atomic E-state index is -1.61. The minimum absolute atomic E-state index is 0.0908. The summed E-state index contributed by atoms with van der Waals surface area (Å²) < 4.78 is 0. The van der Waals surface area contributed by atoms with Crippen LogP contribution in [0, 0.1) is 0 Å². The van der Waals surface area contributed by atoms with Gasteiger partial charge in [0.15, 0.2) is 6.10 Å². The zero-order chi connectivity index (χ0) is 23.6. The van der Waals surface area contributed by atoms with Gasteiger partial charge in [-0.2, -0.15) is 0 Å². The number of fused-ring (bicyclic) bond motifs is 1. The molecule has 2 unspecified atom stereocenters. The summed E-state index contributed by atoms with van der Waals surface area (Å²) in [5.74, 6) is -2.03. The lowest BCUT2D eigenvalue weighted by Crippen LogP contribution is -2.26. The van der Waals surface area contributed by atoms with E-state index in [0.717, 1.165) is 48.4 Å². The molecule has 0 spiro atoms. The highest BCUT2D eigenvalue weighted by atomic mass is 32.2. The Kier molecular flexibility index (Phi) is 9.34. The van der Waals surface area contributed by atoms with E-state index in [1.165, 1.54) is 22.9 Å². The van der Waals surface area contributed by atoms with E-state index in [4.69, 9.17) is 5.11 Å². The van der Waals surface area contributed by atoms with E-state index >= 15 is 0 Å². The molecule has 6 heteroatoms. The largest absolute Gasteiger partial charge is 0.481 e. The monoisotopic (exact) mass is 466 g/mol. The van der Waals surface area contributed by atoms with Gasteiger partial charge in [0.25, 0.3) is 0 Å². The molecule has 3 rings (SSSR count). The van der Waals surface area contributed by atoms with Gasteiger partial charge in [-0.15, -0.1) is 11.8 Å². The highest BCUT2D eigenvalue weighted by Crippen LogP contribution is 2.37. The molecular weight excluding hydrogens is 436 g/mol. The van der Waals surface area contributed by atoms with E-state index in [9.17, 15) is 19.8 Å². The van der Waals surface area contributed by atoms with Crippen LogP contribution < -0.4 is 0 Å². The maximum absolute atomic E-state index is 11.5. The van der Waals surface area contributed by atoms with E-state index < -0.39 is 23.3 Å². The number of unbranched alkanes of at least 4 members (excludes halogenated alkanes) is 2. The SMILES string of the molecule is O=C(O)CCSC(c1cccc2ccc(CCCCCc3ccccc3)cc12)C(O)C(=O)O. The van der Waals surface area contributed by atoms with Crippen LogP contribution in [0.5, 0.6) is 0 Å². The van der Waals surface area contributed by atoms with Crippen molar-refractivity contribution in [3.8, 4) is 0 Å². The number of hydrogen-bond donors (Lipinski definition) is 3. The molecule has 0 aromatic heterocycles. The Hall–Kier alpha value is -2.83. The number of aliphatic hydroxyl groups is 1. The summed E-state index contributed by atoms with van der Waals surface area (Å²) in [6.07, 6.45) is 3.62. The molecule has 0 aliphatic rings. The second kappa shape index (κ2) is 12.4. The standard InChI is InChI=1S/C27H30O5S/c28-24(29)16-17-33-26(25(30)27(31)32)22-13-7-12-21-15-14-20(18-23(21)22)11-6-2-5-10-19-8-3-1-4-9-19/h1,3-4,7-9,12-15,18,25-26,30H,2,5-6,10-11,16-17H2,(H,28,29)(H,31,32). The Morgan fingerprint density at radius 1 is 0.818 bits per heavy atom. The van der Waals surface area contributed by atoms with Crippen molar-refractivity contribution in [2.24, 2.45) is 0 Å². The smallest absolute Gasteiger partial charge is 0.334 e. The molecule has 0 fully saturated rings. The number of thioether (sulfide) groups is 1. The lowest BCUT2D eigenvalue weighted by atomic mass is 9.96. The van der Waals surface area contributed by atoms with Crippen molar-refractivity contribution >= 4 is 34.5 Å². The van der Waals surface area contributed by atoms with Gasteiger partial charge in [0.05, 0.1) is 11.7 Å². The predicted octanol–water partition coefficient (Wildman–Crippen LogP) is 5.49. The van der Waals surface area contributed by atoms with E-state index in [2.05, 4.69) is 36.4 Å². The van der Waals surface area contributed by atoms with Gasteiger partial charge in [-0.05, 0) is 53.1 Å². The molecule has 0 bridgehead atoms. The number of aryl methyl sites for hydroxylation is 2. The Balaban J connectivity index is 1.71. The number of carboxylic acids is 2. The second-order valence-corrected chi connectivity index (χ2v) is 9.42. The van der Waals surface area contributed by atoms with Gasteiger partial charge in [0, 0.05) is 5.75 Å².